The van der Waals surface area contributed by atoms with Gasteiger partial charge in [0.15, 0.2) is 0 Å². The van der Waals surface area contributed by atoms with Gasteiger partial charge in [-0.05, 0) is 12.1 Å². The normalized spacial score (nSPS) is 21.8. The van der Waals surface area contributed by atoms with Crippen LogP contribution in [0.1, 0.15) is 6.42 Å². The number of amides is 1. The van der Waals surface area contributed by atoms with E-state index in [1.54, 1.807) is 0 Å². The molecule has 1 fully saturated rings. The first-order valence-electron chi connectivity index (χ1n) is 5.54. The monoisotopic (exact) mass is 246 g/mol. The highest BCUT2D eigenvalue weighted by Gasteiger charge is 2.53. The number of rotatable bonds is 3. The second kappa shape index (κ2) is 3.80. The second-order valence-electron chi connectivity index (χ2n) is 4.29. The molecule has 7 nitrogen and oxygen atoms in total. The lowest BCUT2D eigenvalue weighted by atomic mass is 10.3. The highest BCUT2D eigenvalue weighted by atomic mass is 16.6. The Labute approximate surface area is 101 Å². The molecule has 92 valence electrons. The predicted octanol–water partition coefficient (Wildman–Crippen LogP) is 1.17. The zero-order valence-electron chi connectivity index (χ0n) is 9.29. The van der Waals surface area contributed by atoms with Gasteiger partial charge in [0.05, 0.1) is 11.0 Å². The molecule has 1 aliphatic rings. The Morgan fingerprint density at radius 2 is 2.28 bits per heavy atom. The van der Waals surface area contributed by atoms with Crippen LogP contribution < -0.4 is 5.32 Å². The van der Waals surface area contributed by atoms with Crippen LogP contribution in [-0.4, -0.2) is 26.8 Å². The van der Waals surface area contributed by atoms with Crippen LogP contribution in [0.4, 0.5) is 5.95 Å². The number of nitro groups is 1. The summed E-state index contributed by atoms with van der Waals surface area (Å²) in [6, 6.07) is 6.62. The Morgan fingerprint density at radius 1 is 1.50 bits per heavy atom. The van der Waals surface area contributed by atoms with Crippen molar-refractivity contribution in [1.82, 2.24) is 9.97 Å². The third-order valence-corrected chi connectivity index (χ3v) is 3.00. The maximum absolute atomic E-state index is 11.7. The lowest BCUT2D eigenvalue weighted by Gasteiger charge is -1.97. The fraction of sp³-hybridized carbons (Fsp3) is 0.273. The number of anilines is 1. The van der Waals surface area contributed by atoms with Crippen LogP contribution in [0, 0.1) is 16.0 Å². The molecule has 18 heavy (non-hydrogen) atoms. The summed E-state index contributed by atoms with van der Waals surface area (Å²) in [4.78, 5) is 28.9. The van der Waals surface area contributed by atoms with Crippen molar-refractivity contribution >= 4 is 22.9 Å². The average Bonchev–Trinajstić information content (AvgIpc) is 3.04. The number of carbonyl (C=O) groups is 1. The fourth-order valence-corrected chi connectivity index (χ4v) is 1.92. The minimum Gasteiger partial charge on any atom is -0.324 e. The van der Waals surface area contributed by atoms with Gasteiger partial charge in [0.25, 0.3) is 0 Å². The van der Waals surface area contributed by atoms with Crippen LogP contribution in [-0.2, 0) is 4.79 Å². The maximum atomic E-state index is 11.7. The summed E-state index contributed by atoms with van der Waals surface area (Å²) >= 11 is 0. The minimum atomic E-state index is -0.741. The van der Waals surface area contributed by atoms with Crippen LogP contribution in [0.3, 0.4) is 0 Å². The Hall–Kier alpha value is -2.44. The van der Waals surface area contributed by atoms with E-state index in [2.05, 4.69) is 15.3 Å². The van der Waals surface area contributed by atoms with E-state index in [0.717, 1.165) is 11.0 Å². The average molecular weight is 246 g/mol. The van der Waals surface area contributed by atoms with Gasteiger partial charge in [-0.1, -0.05) is 12.1 Å². The largest absolute Gasteiger partial charge is 0.324 e. The van der Waals surface area contributed by atoms with E-state index >= 15 is 0 Å². The first-order valence-corrected chi connectivity index (χ1v) is 5.54. The Bertz CT molecular complexity index is 603. The molecular weight excluding hydrogens is 236 g/mol. The second-order valence-corrected chi connectivity index (χ2v) is 4.29. The number of para-hydroxylation sites is 2. The van der Waals surface area contributed by atoms with E-state index in [1.807, 2.05) is 24.3 Å². The topological polar surface area (TPSA) is 101 Å². The summed E-state index contributed by atoms with van der Waals surface area (Å²) < 4.78 is 0. The van der Waals surface area contributed by atoms with E-state index in [9.17, 15) is 14.9 Å². The third-order valence-electron chi connectivity index (χ3n) is 3.00. The number of carbonyl (C=O) groups excluding carboxylic acids is 1. The smallest absolute Gasteiger partial charge is 0.237 e. The van der Waals surface area contributed by atoms with Gasteiger partial charge in [-0.3, -0.25) is 20.2 Å². The van der Waals surface area contributed by atoms with Crippen molar-refractivity contribution in [3.8, 4) is 0 Å². The van der Waals surface area contributed by atoms with Gasteiger partial charge in [0.2, 0.25) is 17.9 Å². The Balaban J connectivity index is 1.73. The number of nitrogens with zero attached hydrogens (tertiary/aromatic N) is 2. The zero-order chi connectivity index (χ0) is 12.7. The molecule has 0 saturated heterocycles. The van der Waals surface area contributed by atoms with Crippen LogP contribution in [0.5, 0.6) is 0 Å². The van der Waals surface area contributed by atoms with E-state index in [1.165, 1.54) is 0 Å². The predicted molar refractivity (Wildman–Crippen MR) is 63.6 cm³/mol. The van der Waals surface area contributed by atoms with E-state index in [4.69, 9.17) is 0 Å². The number of aromatic nitrogens is 2. The van der Waals surface area contributed by atoms with Crippen LogP contribution in [0.2, 0.25) is 0 Å². The molecule has 2 atom stereocenters. The summed E-state index contributed by atoms with van der Waals surface area (Å²) in [5.41, 5.74) is 1.56. The molecule has 2 N–H and O–H groups in total. The van der Waals surface area contributed by atoms with Crippen molar-refractivity contribution in [3.05, 3.63) is 34.4 Å². The highest BCUT2D eigenvalue weighted by molar-refractivity contribution is 5.94. The van der Waals surface area contributed by atoms with Crippen molar-refractivity contribution < 1.29 is 9.72 Å². The van der Waals surface area contributed by atoms with E-state index < -0.39 is 16.9 Å². The number of hydrogen-bond donors (Lipinski definition) is 2. The van der Waals surface area contributed by atoms with Crippen molar-refractivity contribution in [3.63, 3.8) is 0 Å². The molecule has 1 aromatic carbocycles. The molecule has 1 heterocycles. The summed E-state index contributed by atoms with van der Waals surface area (Å²) in [5, 5.41) is 13.0. The molecule has 0 bridgehead atoms. The molecule has 7 heteroatoms. The SMILES string of the molecule is O=C(Nc1nc2ccccc2[nH]1)C1CC1[N+](=O)[O-]. The van der Waals surface area contributed by atoms with Gasteiger partial charge in [-0.15, -0.1) is 0 Å². The number of benzene rings is 1. The molecule has 0 spiro atoms. The summed E-state index contributed by atoms with van der Waals surface area (Å²) in [6.07, 6.45) is 0.305. The molecule has 1 aliphatic carbocycles. The number of fused-ring (bicyclic) bond motifs is 1. The van der Waals surface area contributed by atoms with Gasteiger partial charge < -0.3 is 4.98 Å². The highest BCUT2D eigenvalue weighted by Crippen LogP contribution is 2.33. The van der Waals surface area contributed by atoms with Crippen LogP contribution in [0.25, 0.3) is 11.0 Å². The van der Waals surface area contributed by atoms with Gasteiger partial charge in [-0.25, -0.2) is 4.98 Å². The molecule has 1 aromatic heterocycles. The maximum Gasteiger partial charge on any atom is 0.237 e. The summed E-state index contributed by atoms with van der Waals surface area (Å²) in [5.74, 6) is -0.556. The third kappa shape index (κ3) is 1.79. The van der Waals surface area contributed by atoms with Crippen molar-refractivity contribution in [1.29, 1.82) is 0 Å². The molecule has 2 unspecified atom stereocenters. The lowest BCUT2D eigenvalue weighted by molar-refractivity contribution is -0.497. The number of hydrogen-bond acceptors (Lipinski definition) is 4. The lowest BCUT2D eigenvalue weighted by Crippen LogP contribution is -2.19. The van der Waals surface area contributed by atoms with E-state index in [0.29, 0.717) is 12.4 Å². The van der Waals surface area contributed by atoms with Gasteiger partial charge in [0, 0.05) is 11.3 Å². The van der Waals surface area contributed by atoms with Crippen LogP contribution in [0.15, 0.2) is 24.3 Å². The molecule has 0 aliphatic heterocycles. The Morgan fingerprint density at radius 3 is 2.94 bits per heavy atom. The summed E-state index contributed by atoms with van der Waals surface area (Å²) in [7, 11) is 0. The van der Waals surface area contributed by atoms with Crippen molar-refractivity contribution in [2.45, 2.75) is 12.5 Å². The number of aromatic amines is 1. The molecule has 0 radical (unpaired) electrons. The standard InChI is InChI=1S/C11H10N4O3/c16-10(6-5-9(6)15(17)18)14-11-12-7-3-1-2-4-8(7)13-11/h1-4,6,9H,5H2,(H2,12,13,14,16). The minimum absolute atomic E-state index is 0.305. The van der Waals surface area contributed by atoms with Crippen LogP contribution >= 0.6 is 0 Å². The molecule has 2 aromatic rings. The fourth-order valence-electron chi connectivity index (χ4n) is 1.92. The number of nitrogens with one attached hydrogen (secondary N) is 2. The Kier molecular flexibility index (Phi) is 2.26. The van der Waals surface area contributed by atoms with Gasteiger partial charge in [0.1, 0.15) is 5.92 Å². The molecule has 1 saturated carbocycles. The first kappa shape index (κ1) is 10.7. The van der Waals surface area contributed by atoms with E-state index in [-0.39, 0.29) is 5.91 Å². The number of H-pyrrole nitrogens is 1. The zero-order valence-corrected chi connectivity index (χ0v) is 9.29. The first-order chi connectivity index (χ1) is 8.65. The molecule has 1 amide bonds. The van der Waals surface area contributed by atoms with Gasteiger partial charge >= 0.3 is 0 Å². The quantitative estimate of drug-likeness (QED) is 0.626. The van der Waals surface area contributed by atoms with Crippen molar-refractivity contribution in [2.24, 2.45) is 5.92 Å². The van der Waals surface area contributed by atoms with Gasteiger partial charge in [-0.2, -0.15) is 0 Å². The molecule has 3 rings (SSSR count). The number of imidazole rings is 1. The molecular formula is C11H10N4O3. The van der Waals surface area contributed by atoms with Crippen molar-refractivity contribution in [2.75, 3.05) is 5.32 Å². The summed E-state index contributed by atoms with van der Waals surface area (Å²) in [6.45, 7) is 0.